The smallest absolute Gasteiger partial charge is 0.192 e. The molecule has 0 spiro atoms. The Balaban J connectivity index is 1.96. The van der Waals surface area contributed by atoms with Crippen molar-refractivity contribution < 1.29 is 9.90 Å². The Morgan fingerprint density at radius 1 is 1.00 bits per heavy atom. The molecule has 0 aliphatic heterocycles. The van der Waals surface area contributed by atoms with Crippen molar-refractivity contribution in [2.75, 3.05) is 0 Å². The first kappa shape index (κ1) is 16.8. The molecular formula is C20H16Cl2O2. The van der Waals surface area contributed by atoms with Gasteiger partial charge >= 0.3 is 0 Å². The summed E-state index contributed by atoms with van der Waals surface area (Å²) in [6.45, 7) is 0. The zero-order chi connectivity index (χ0) is 17.1. The lowest BCUT2D eigenvalue weighted by atomic mass is 9.88. The van der Waals surface area contributed by atoms with Gasteiger partial charge in [-0.25, -0.2) is 0 Å². The molecule has 2 nitrogen and oxygen atoms in total. The highest BCUT2D eigenvalue weighted by Crippen LogP contribution is 2.32. The molecular weight excluding hydrogens is 343 g/mol. The number of aliphatic hydroxyl groups excluding tert-OH is 1. The summed E-state index contributed by atoms with van der Waals surface area (Å²) in [6.07, 6.45) is 3.98. The van der Waals surface area contributed by atoms with Gasteiger partial charge in [-0.05, 0) is 48.6 Å². The second kappa shape index (κ2) is 7.25. The fourth-order valence-electron chi connectivity index (χ4n) is 2.81. The van der Waals surface area contributed by atoms with E-state index in [-0.39, 0.29) is 11.5 Å². The number of aliphatic hydroxyl groups is 1. The molecule has 0 heterocycles. The summed E-state index contributed by atoms with van der Waals surface area (Å²) in [5.41, 5.74) is 2.66. The van der Waals surface area contributed by atoms with E-state index in [0.29, 0.717) is 27.6 Å². The highest BCUT2D eigenvalue weighted by atomic mass is 35.5. The highest BCUT2D eigenvalue weighted by molar-refractivity contribution is 6.42. The Hall–Kier alpha value is -2.03. The summed E-state index contributed by atoms with van der Waals surface area (Å²) in [7, 11) is 0. The van der Waals surface area contributed by atoms with E-state index in [1.54, 1.807) is 24.3 Å². The molecule has 0 saturated carbocycles. The number of rotatable bonds is 3. The number of carbonyl (C=O) groups is 1. The zero-order valence-electron chi connectivity index (χ0n) is 12.9. The molecule has 0 bridgehead atoms. The van der Waals surface area contributed by atoms with Crippen LogP contribution in [0.3, 0.4) is 0 Å². The van der Waals surface area contributed by atoms with Gasteiger partial charge in [-0.1, -0.05) is 59.6 Å². The van der Waals surface area contributed by atoms with E-state index in [0.717, 1.165) is 24.0 Å². The minimum atomic E-state index is -0.118. The van der Waals surface area contributed by atoms with Crippen molar-refractivity contribution in [2.24, 2.45) is 0 Å². The first-order valence-corrected chi connectivity index (χ1v) is 8.49. The summed E-state index contributed by atoms with van der Waals surface area (Å²) in [5.74, 6) is -0.0333. The molecule has 0 atom stereocenters. The van der Waals surface area contributed by atoms with Crippen LogP contribution in [-0.4, -0.2) is 10.9 Å². The van der Waals surface area contributed by atoms with Crippen LogP contribution >= 0.6 is 23.2 Å². The van der Waals surface area contributed by atoms with Gasteiger partial charge in [0.25, 0.3) is 0 Å². The van der Waals surface area contributed by atoms with Crippen LogP contribution in [0.5, 0.6) is 0 Å². The predicted molar refractivity (Wildman–Crippen MR) is 98.7 cm³/mol. The number of carbonyl (C=O) groups excluding carboxylic acids is 1. The maximum absolute atomic E-state index is 12.6. The zero-order valence-corrected chi connectivity index (χ0v) is 14.4. The molecule has 1 N–H and O–H groups in total. The number of benzene rings is 2. The number of hydrogen-bond acceptors (Lipinski definition) is 2. The van der Waals surface area contributed by atoms with Crippen LogP contribution in [0.25, 0.3) is 6.08 Å². The molecule has 122 valence electrons. The van der Waals surface area contributed by atoms with Crippen LogP contribution in [0.1, 0.15) is 35.2 Å². The number of allylic oxidation sites excluding steroid dienone is 2. The molecule has 3 rings (SSSR count). The van der Waals surface area contributed by atoms with Crippen LogP contribution in [-0.2, 0) is 0 Å². The third-order valence-corrected chi connectivity index (χ3v) is 4.80. The van der Waals surface area contributed by atoms with Gasteiger partial charge in [0.05, 0.1) is 10.0 Å². The molecule has 0 saturated heterocycles. The van der Waals surface area contributed by atoms with Crippen molar-refractivity contribution in [3.63, 3.8) is 0 Å². The van der Waals surface area contributed by atoms with Crippen molar-refractivity contribution >= 4 is 35.1 Å². The highest BCUT2D eigenvalue weighted by Gasteiger charge is 2.23. The Bertz CT molecular complexity index is 836. The fraction of sp³-hybridized carbons (Fsp3) is 0.150. The largest absolute Gasteiger partial charge is 0.507 e. The maximum Gasteiger partial charge on any atom is 0.192 e. The Labute approximate surface area is 151 Å². The molecule has 4 heteroatoms. The second-order valence-corrected chi connectivity index (χ2v) is 6.53. The molecule has 2 aromatic carbocycles. The van der Waals surface area contributed by atoms with Crippen molar-refractivity contribution in [2.45, 2.75) is 19.3 Å². The first-order chi connectivity index (χ1) is 11.6. The van der Waals surface area contributed by atoms with E-state index in [1.807, 2.05) is 30.3 Å². The van der Waals surface area contributed by atoms with E-state index in [1.165, 1.54) is 0 Å². The molecule has 1 aliphatic carbocycles. The van der Waals surface area contributed by atoms with Gasteiger partial charge in [0.2, 0.25) is 0 Å². The first-order valence-electron chi connectivity index (χ1n) is 7.74. The van der Waals surface area contributed by atoms with Crippen molar-refractivity contribution in [1.82, 2.24) is 0 Å². The monoisotopic (exact) mass is 358 g/mol. The van der Waals surface area contributed by atoms with E-state index in [2.05, 4.69) is 0 Å². The molecule has 0 unspecified atom stereocenters. The van der Waals surface area contributed by atoms with Crippen molar-refractivity contribution in [3.8, 4) is 0 Å². The summed E-state index contributed by atoms with van der Waals surface area (Å²) >= 11 is 12.0. The minimum absolute atomic E-state index is 0.0844. The van der Waals surface area contributed by atoms with Crippen LogP contribution < -0.4 is 0 Å². The summed E-state index contributed by atoms with van der Waals surface area (Å²) in [5, 5.41) is 11.5. The summed E-state index contributed by atoms with van der Waals surface area (Å²) < 4.78 is 0. The van der Waals surface area contributed by atoms with E-state index in [4.69, 9.17) is 23.2 Å². The molecule has 2 aromatic rings. The summed E-state index contributed by atoms with van der Waals surface area (Å²) in [6, 6.07) is 14.3. The van der Waals surface area contributed by atoms with Crippen molar-refractivity contribution in [1.29, 1.82) is 0 Å². The van der Waals surface area contributed by atoms with E-state index in [9.17, 15) is 9.90 Å². The van der Waals surface area contributed by atoms with Crippen LogP contribution in [0.15, 0.2) is 65.4 Å². The molecule has 24 heavy (non-hydrogen) atoms. The molecule has 0 aromatic heterocycles. The lowest BCUT2D eigenvalue weighted by molar-refractivity contribution is 0.102. The maximum atomic E-state index is 12.6. The van der Waals surface area contributed by atoms with Gasteiger partial charge in [0, 0.05) is 11.1 Å². The van der Waals surface area contributed by atoms with Crippen LogP contribution in [0.2, 0.25) is 10.0 Å². The van der Waals surface area contributed by atoms with E-state index < -0.39 is 0 Å². The van der Waals surface area contributed by atoms with Crippen molar-refractivity contribution in [3.05, 3.63) is 86.6 Å². The number of Topliss-reactive ketones (excluding diaryl/α,β-unsaturated/α-hetero) is 1. The van der Waals surface area contributed by atoms with Gasteiger partial charge < -0.3 is 5.11 Å². The number of hydrogen-bond donors (Lipinski definition) is 1. The van der Waals surface area contributed by atoms with Gasteiger partial charge in [0.15, 0.2) is 5.78 Å². The fourth-order valence-corrected chi connectivity index (χ4v) is 3.12. The van der Waals surface area contributed by atoms with Gasteiger partial charge in [-0.2, -0.15) is 0 Å². The van der Waals surface area contributed by atoms with Crippen LogP contribution in [0.4, 0.5) is 0 Å². The Morgan fingerprint density at radius 3 is 2.46 bits per heavy atom. The predicted octanol–water partition coefficient (Wildman–Crippen LogP) is 6.26. The number of halogens is 2. The molecule has 0 amide bonds. The third-order valence-electron chi connectivity index (χ3n) is 4.06. The average Bonchev–Trinajstić information content (AvgIpc) is 2.60. The lowest BCUT2D eigenvalue weighted by Crippen LogP contribution is -2.12. The van der Waals surface area contributed by atoms with E-state index >= 15 is 0 Å². The topological polar surface area (TPSA) is 37.3 Å². The van der Waals surface area contributed by atoms with Gasteiger partial charge in [-0.15, -0.1) is 0 Å². The minimum Gasteiger partial charge on any atom is -0.507 e. The standard InChI is InChI=1S/C20H16Cl2O2/c21-17-10-9-13(12-18(17)22)11-15-7-4-8-16(20(15)24)19(23)14-5-2-1-3-6-14/h1-3,5-6,9-12,24H,4,7-8H2/b15-11+. The lowest BCUT2D eigenvalue weighted by Gasteiger charge is -2.18. The second-order valence-electron chi connectivity index (χ2n) is 5.72. The summed E-state index contributed by atoms with van der Waals surface area (Å²) in [4.78, 5) is 12.6. The third kappa shape index (κ3) is 3.55. The molecule has 0 fully saturated rings. The quantitative estimate of drug-likeness (QED) is 0.657. The normalized spacial score (nSPS) is 16.5. The van der Waals surface area contributed by atoms with Gasteiger partial charge in [0.1, 0.15) is 5.76 Å². The van der Waals surface area contributed by atoms with Crippen LogP contribution in [0, 0.1) is 0 Å². The average molecular weight is 359 g/mol. The molecule has 1 aliphatic rings. The molecule has 0 radical (unpaired) electrons. The SMILES string of the molecule is O=C(C1=C(O)/C(=C/c2ccc(Cl)c(Cl)c2)CCC1)c1ccccc1. The Morgan fingerprint density at radius 2 is 1.75 bits per heavy atom. The Kier molecular flexibility index (Phi) is 5.08. The van der Waals surface area contributed by atoms with Gasteiger partial charge in [-0.3, -0.25) is 4.79 Å². The number of ketones is 1.